The zero-order chi connectivity index (χ0) is 29.3. The Morgan fingerprint density at radius 1 is 1.17 bits per heavy atom. The number of benzene rings is 2. The van der Waals surface area contributed by atoms with Gasteiger partial charge in [-0.25, -0.2) is 9.78 Å². The second kappa shape index (κ2) is 11.6. The molecule has 0 aliphatic carbocycles. The van der Waals surface area contributed by atoms with E-state index in [1.807, 2.05) is 36.4 Å². The Balaban J connectivity index is 1.16. The molecular formula is C31H35N7O3. The third kappa shape index (κ3) is 5.47. The molecular weight excluding hydrogens is 518 g/mol. The Bertz CT molecular complexity index is 1490. The quantitative estimate of drug-likeness (QED) is 0.403. The van der Waals surface area contributed by atoms with Crippen molar-refractivity contribution in [2.24, 2.45) is 0 Å². The van der Waals surface area contributed by atoms with E-state index in [9.17, 15) is 11.0 Å². The summed E-state index contributed by atoms with van der Waals surface area (Å²) in [5.41, 5.74) is 2.75. The lowest BCUT2D eigenvalue weighted by atomic mass is 9.94. The number of likely N-dealkylation sites (tertiary alicyclic amines) is 1. The molecule has 3 amide bonds. The van der Waals surface area contributed by atoms with Crippen LogP contribution < -0.4 is 19.9 Å². The number of anilines is 4. The summed E-state index contributed by atoms with van der Waals surface area (Å²) in [6, 6.07) is 13.2. The van der Waals surface area contributed by atoms with E-state index >= 15 is 0 Å². The largest absolute Gasteiger partial charge is 0.492 e. The van der Waals surface area contributed by atoms with Crippen LogP contribution in [0.2, 0.25) is 0 Å². The van der Waals surface area contributed by atoms with E-state index in [2.05, 4.69) is 26.8 Å². The maximum Gasteiger partial charge on any atom is 0.326 e. The maximum atomic E-state index is 13.7. The number of fused-ring (bicyclic) bond motifs is 2. The lowest BCUT2D eigenvalue weighted by molar-refractivity contribution is -0.114. The number of hydrogen-bond donors (Lipinski definition) is 1. The van der Waals surface area contributed by atoms with E-state index < -0.39 is 6.02 Å². The van der Waals surface area contributed by atoms with Crippen molar-refractivity contribution in [2.45, 2.75) is 31.8 Å². The zero-order valence-electron chi connectivity index (χ0n) is 24.3. The number of para-hydroxylation sites is 1. The zero-order valence-corrected chi connectivity index (χ0v) is 23.3. The van der Waals surface area contributed by atoms with Crippen LogP contribution in [0.3, 0.4) is 0 Å². The molecule has 41 heavy (non-hydrogen) atoms. The molecule has 10 nitrogen and oxygen atoms in total. The molecule has 10 heteroatoms. The van der Waals surface area contributed by atoms with E-state index in [0.29, 0.717) is 36.2 Å². The smallest absolute Gasteiger partial charge is 0.326 e. The molecule has 0 saturated carbocycles. The van der Waals surface area contributed by atoms with Gasteiger partial charge in [0.05, 0.1) is 13.9 Å². The monoisotopic (exact) mass is 554 g/mol. The first-order chi connectivity index (χ1) is 20.4. The maximum absolute atomic E-state index is 13.7. The van der Waals surface area contributed by atoms with E-state index in [0.717, 1.165) is 36.6 Å². The number of aromatic nitrogens is 2. The number of urea groups is 1. The van der Waals surface area contributed by atoms with Crippen LogP contribution in [0, 0.1) is 0 Å². The van der Waals surface area contributed by atoms with E-state index in [1.54, 1.807) is 30.3 Å². The normalized spacial score (nSPS) is 20.8. The van der Waals surface area contributed by atoms with Gasteiger partial charge in [-0.3, -0.25) is 14.6 Å². The minimum atomic E-state index is -1.37. The number of rotatable bonds is 8. The van der Waals surface area contributed by atoms with Crippen molar-refractivity contribution in [3.8, 4) is 5.75 Å². The molecule has 3 aromatic rings. The fourth-order valence-electron chi connectivity index (χ4n) is 5.69. The lowest BCUT2D eigenvalue weighted by Crippen LogP contribution is -2.49. The lowest BCUT2D eigenvalue weighted by Gasteiger charge is -2.43. The summed E-state index contributed by atoms with van der Waals surface area (Å²) < 4.78 is 15.4. The van der Waals surface area contributed by atoms with Crippen molar-refractivity contribution in [3.05, 3.63) is 78.5 Å². The molecule has 3 aliphatic heterocycles. The van der Waals surface area contributed by atoms with Crippen LogP contribution >= 0.6 is 0 Å². The predicted molar refractivity (Wildman–Crippen MR) is 159 cm³/mol. The van der Waals surface area contributed by atoms with Crippen LogP contribution in [-0.4, -0.2) is 71.5 Å². The first-order valence-corrected chi connectivity index (χ1v) is 14.0. The van der Waals surface area contributed by atoms with Gasteiger partial charge in [0, 0.05) is 43.3 Å². The highest BCUT2D eigenvalue weighted by molar-refractivity contribution is 6.02. The molecule has 1 atom stereocenters. The van der Waals surface area contributed by atoms with Crippen molar-refractivity contribution in [2.75, 3.05) is 55.0 Å². The fourth-order valence-corrected chi connectivity index (χ4v) is 5.69. The molecule has 1 aromatic heterocycles. The minimum Gasteiger partial charge on any atom is -0.492 e. The third-order valence-electron chi connectivity index (χ3n) is 7.84. The van der Waals surface area contributed by atoms with Crippen molar-refractivity contribution in [1.29, 1.82) is 0 Å². The number of nitrogens with zero attached hydrogens (tertiary/aromatic N) is 6. The van der Waals surface area contributed by atoms with E-state index in [-0.39, 0.29) is 24.9 Å². The molecule has 3 aliphatic rings. The van der Waals surface area contributed by atoms with Crippen molar-refractivity contribution in [3.63, 3.8) is 0 Å². The van der Waals surface area contributed by atoms with Gasteiger partial charge in [0.15, 0.2) is 0 Å². The molecule has 1 fully saturated rings. The van der Waals surface area contributed by atoms with Gasteiger partial charge in [-0.2, -0.15) is 4.98 Å². The molecule has 212 valence electrons. The number of carbonyl (C=O) groups is 2. The number of nitrogens with one attached hydrogen (secondary N) is 1. The summed E-state index contributed by atoms with van der Waals surface area (Å²) in [6.07, 6.45) is 5.76. The second-order valence-electron chi connectivity index (χ2n) is 10.4. The Morgan fingerprint density at radius 3 is 2.73 bits per heavy atom. The number of ether oxygens (including phenoxy) is 1. The van der Waals surface area contributed by atoms with Gasteiger partial charge in [0.1, 0.15) is 18.2 Å². The molecule has 1 saturated heterocycles. The molecule has 0 radical (unpaired) electrons. The van der Waals surface area contributed by atoms with E-state index in [1.165, 1.54) is 28.7 Å². The van der Waals surface area contributed by atoms with Gasteiger partial charge < -0.3 is 19.9 Å². The summed E-state index contributed by atoms with van der Waals surface area (Å²) >= 11 is 0. The van der Waals surface area contributed by atoms with Crippen LogP contribution in [0.25, 0.3) is 0 Å². The highest BCUT2D eigenvalue weighted by atomic mass is 16.5. The Kier molecular flexibility index (Phi) is 7.21. The molecule has 2 aromatic carbocycles. The predicted octanol–water partition coefficient (Wildman–Crippen LogP) is 4.73. The minimum absolute atomic E-state index is 0.176. The van der Waals surface area contributed by atoms with Crippen LogP contribution in [0.4, 0.5) is 27.9 Å². The van der Waals surface area contributed by atoms with Gasteiger partial charge in [0.25, 0.3) is 0 Å². The fraction of sp³-hybridized carbons (Fsp3) is 0.355. The molecule has 1 N–H and O–H groups in total. The molecule has 6 rings (SSSR count). The van der Waals surface area contributed by atoms with Gasteiger partial charge in [-0.05, 0) is 74.3 Å². The SMILES string of the molecule is [2H]C1(N2Cc3cnc(Nc4ccc(OCCN5CCCC5)cc4)nc3N(C)C2=O)CCN(C(=O)C=C)c2ccccc21. The van der Waals surface area contributed by atoms with Crippen molar-refractivity contribution < 1.29 is 15.7 Å². The van der Waals surface area contributed by atoms with Crippen LogP contribution in [0.15, 0.2) is 67.4 Å². The molecule has 1 unspecified atom stereocenters. The Labute approximate surface area is 241 Å². The van der Waals surface area contributed by atoms with Gasteiger partial charge in [0.2, 0.25) is 11.9 Å². The summed E-state index contributed by atoms with van der Waals surface area (Å²) in [5, 5.41) is 3.21. The number of carbonyl (C=O) groups excluding carboxylic acids is 2. The first kappa shape index (κ1) is 25.5. The molecule has 0 spiro atoms. The van der Waals surface area contributed by atoms with Crippen LogP contribution in [0.5, 0.6) is 5.75 Å². The van der Waals surface area contributed by atoms with Crippen LogP contribution in [-0.2, 0) is 11.3 Å². The van der Waals surface area contributed by atoms with E-state index in [4.69, 9.17) is 4.74 Å². The highest BCUT2D eigenvalue weighted by Crippen LogP contribution is 2.41. The summed E-state index contributed by atoms with van der Waals surface area (Å²) in [4.78, 5) is 42.3. The second-order valence-corrected chi connectivity index (χ2v) is 10.4. The van der Waals surface area contributed by atoms with Gasteiger partial charge in [-0.1, -0.05) is 24.8 Å². The van der Waals surface area contributed by atoms with Gasteiger partial charge in [-0.15, -0.1) is 0 Å². The summed E-state index contributed by atoms with van der Waals surface area (Å²) in [7, 11) is 1.66. The van der Waals surface area contributed by atoms with Crippen molar-refractivity contribution >= 4 is 35.1 Å². The number of hydrogen-bond acceptors (Lipinski definition) is 7. The number of amides is 3. The standard InChI is InChI=1S/C31H35N7O3/c1-3-28(39)37-17-14-27(25-8-4-5-9-26(25)37)38-21-22-20-32-30(34-29(22)35(2)31(38)40)33-23-10-12-24(13-11-23)41-19-18-36-15-6-7-16-36/h3-5,8-13,20,27H,1,6-7,14-19,21H2,2H3,(H,32,33,34)/i27D. The Hall–Kier alpha value is -4.44. The average Bonchev–Trinajstić information content (AvgIpc) is 3.54. The Morgan fingerprint density at radius 2 is 1.95 bits per heavy atom. The first-order valence-electron chi connectivity index (χ1n) is 14.5. The topological polar surface area (TPSA) is 94.1 Å². The third-order valence-corrected chi connectivity index (χ3v) is 7.84. The van der Waals surface area contributed by atoms with Gasteiger partial charge >= 0.3 is 6.03 Å². The highest BCUT2D eigenvalue weighted by Gasteiger charge is 2.38. The van der Waals surface area contributed by atoms with Crippen molar-refractivity contribution in [1.82, 2.24) is 19.8 Å². The average molecular weight is 555 g/mol. The van der Waals surface area contributed by atoms with Crippen LogP contribution in [0.1, 0.15) is 37.8 Å². The molecule has 0 bridgehead atoms. The molecule has 4 heterocycles. The summed E-state index contributed by atoms with van der Waals surface area (Å²) in [5.74, 6) is 1.44. The summed E-state index contributed by atoms with van der Waals surface area (Å²) in [6.45, 7) is 7.99.